The molecule has 1 fully saturated rings. The zero-order valence-electron chi connectivity index (χ0n) is 7.13. The smallest absolute Gasteiger partial charge is 0.0441 e. The molecule has 3 heteroatoms. The van der Waals surface area contributed by atoms with Crippen LogP contribution >= 0.6 is 27.5 Å². The molecule has 0 saturated heterocycles. The molecule has 13 heavy (non-hydrogen) atoms. The van der Waals surface area contributed by atoms with Crippen molar-refractivity contribution < 1.29 is 0 Å². The molecule has 1 aromatic rings. The molecule has 0 aliphatic heterocycles. The molecule has 2 atom stereocenters. The molecule has 0 heterocycles. The maximum atomic E-state index is 6.09. The van der Waals surface area contributed by atoms with Crippen LogP contribution in [-0.2, 0) is 0 Å². The highest BCUT2D eigenvalue weighted by molar-refractivity contribution is 9.10. The Morgan fingerprint density at radius 2 is 2.31 bits per heavy atom. The molecule has 70 valence electrons. The van der Waals surface area contributed by atoms with Gasteiger partial charge in [-0.25, -0.2) is 0 Å². The highest BCUT2D eigenvalue weighted by Crippen LogP contribution is 2.49. The number of rotatable bonds is 2. The molecular weight excluding hydrogens is 249 g/mol. The van der Waals surface area contributed by atoms with Crippen molar-refractivity contribution in [2.75, 3.05) is 6.54 Å². The van der Waals surface area contributed by atoms with Gasteiger partial charge in [0.25, 0.3) is 0 Å². The second-order valence-electron chi connectivity index (χ2n) is 3.50. The fourth-order valence-corrected chi connectivity index (χ4v) is 2.32. The van der Waals surface area contributed by atoms with Crippen LogP contribution in [0.5, 0.6) is 0 Å². The van der Waals surface area contributed by atoms with Crippen LogP contribution in [0.2, 0.25) is 5.02 Å². The second kappa shape index (κ2) is 3.60. The Bertz CT molecular complexity index is 327. The summed E-state index contributed by atoms with van der Waals surface area (Å²) in [6.45, 7) is 0.771. The molecule has 0 aromatic heterocycles. The van der Waals surface area contributed by atoms with Crippen molar-refractivity contribution in [3.05, 3.63) is 33.3 Å². The first-order valence-electron chi connectivity index (χ1n) is 4.37. The Morgan fingerprint density at radius 1 is 1.54 bits per heavy atom. The maximum Gasteiger partial charge on any atom is 0.0441 e. The van der Waals surface area contributed by atoms with Crippen LogP contribution in [0, 0.1) is 5.92 Å². The lowest BCUT2D eigenvalue weighted by molar-refractivity contribution is 0.809. The molecule has 1 aliphatic rings. The van der Waals surface area contributed by atoms with Crippen molar-refractivity contribution in [1.82, 2.24) is 0 Å². The minimum absolute atomic E-state index is 0.593. The van der Waals surface area contributed by atoms with Crippen LogP contribution in [0.25, 0.3) is 0 Å². The first-order chi connectivity index (χ1) is 6.22. The van der Waals surface area contributed by atoms with Gasteiger partial charge in [0.1, 0.15) is 0 Å². The molecule has 1 nitrogen and oxygen atoms in total. The summed E-state index contributed by atoms with van der Waals surface area (Å²) in [5, 5.41) is 0.865. The summed E-state index contributed by atoms with van der Waals surface area (Å²) in [5.41, 5.74) is 6.84. The second-order valence-corrected chi connectivity index (χ2v) is 4.83. The van der Waals surface area contributed by atoms with Crippen molar-refractivity contribution in [3.63, 3.8) is 0 Å². The maximum absolute atomic E-state index is 6.09. The van der Waals surface area contributed by atoms with Gasteiger partial charge in [-0.15, -0.1) is 0 Å². The summed E-state index contributed by atoms with van der Waals surface area (Å²) in [6, 6.07) is 6.00. The monoisotopic (exact) mass is 259 g/mol. The third-order valence-corrected chi connectivity index (χ3v) is 3.42. The van der Waals surface area contributed by atoms with E-state index in [0.29, 0.717) is 11.8 Å². The van der Waals surface area contributed by atoms with E-state index in [1.807, 2.05) is 12.1 Å². The first kappa shape index (κ1) is 9.50. The van der Waals surface area contributed by atoms with Crippen LogP contribution in [0.15, 0.2) is 22.7 Å². The molecule has 0 spiro atoms. The highest BCUT2D eigenvalue weighted by atomic mass is 79.9. The van der Waals surface area contributed by atoms with E-state index in [1.165, 1.54) is 12.0 Å². The van der Waals surface area contributed by atoms with E-state index in [2.05, 4.69) is 22.0 Å². The molecule has 0 amide bonds. The van der Waals surface area contributed by atoms with Crippen molar-refractivity contribution in [2.45, 2.75) is 12.3 Å². The SMILES string of the molecule is NC[C@@H]1C[C@H]1c1cc(Br)ccc1Cl. The third kappa shape index (κ3) is 1.90. The van der Waals surface area contributed by atoms with Crippen LogP contribution in [0.4, 0.5) is 0 Å². The Balaban J connectivity index is 2.25. The van der Waals surface area contributed by atoms with Crippen molar-refractivity contribution in [3.8, 4) is 0 Å². The Labute approximate surface area is 91.4 Å². The van der Waals surface area contributed by atoms with Gasteiger partial charge >= 0.3 is 0 Å². The highest BCUT2D eigenvalue weighted by Gasteiger charge is 2.38. The topological polar surface area (TPSA) is 26.0 Å². The van der Waals surface area contributed by atoms with Crippen LogP contribution in [-0.4, -0.2) is 6.54 Å². The molecule has 1 aromatic carbocycles. The largest absolute Gasteiger partial charge is 0.330 e. The van der Waals surface area contributed by atoms with E-state index < -0.39 is 0 Å². The molecule has 1 aliphatic carbocycles. The zero-order chi connectivity index (χ0) is 9.42. The number of benzene rings is 1. The van der Waals surface area contributed by atoms with E-state index in [9.17, 15) is 0 Å². The summed E-state index contributed by atoms with van der Waals surface area (Å²) in [6.07, 6.45) is 1.19. The van der Waals surface area contributed by atoms with Gasteiger partial charge in [0.2, 0.25) is 0 Å². The molecule has 2 rings (SSSR count). The lowest BCUT2D eigenvalue weighted by Crippen LogP contribution is -2.02. The predicted octanol–water partition coefficient (Wildman–Crippen LogP) is 3.16. The molecule has 1 saturated carbocycles. The fourth-order valence-electron chi connectivity index (χ4n) is 1.69. The molecular formula is C10H11BrClN. The average molecular weight is 261 g/mol. The Morgan fingerprint density at radius 3 is 2.92 bits per heavy atom. The van der Waals surface area contributed by atoms with Gasteiger partial charge in [0.15, 0.2) is 0 Å². The molecule has 0 bridgehead atoms. The van der Waals surface area contributed by atoms with Crippen LogP contribution in [0.3, 0.4) is 0 Å². The quantitative estimate of drug-likeness (QED) is 0.868. The summed E-state index contributed by atoms with van der Waals surface area (Å²) < 4.78 is 1.09. The van der Waals surface area contributed by atoms with Gasteiger partial charge in [-0.3, -0.25) is 0 Å². The minimum atomic E-state index is 0.593. The molecule has 0 radical (unpaired) electrons. The number of hydrogen-bond acceptors (Lipinski definition) is 1. The van der Waals surface area contributed by atoms with Gasteiger partial charge in [-0.2, -0.15) is 0 Å². The van der Waals surface area contributed by atoms with Gasteiger partial charge in [-0.05, 0) is 48.6 Å². The van der Waals surface area contributed by atoms with Crippen molar-refractivity contribution in [1.29, 1.82) is 0 Å². The summed E-state index contributed by atoms with van der Waals surface area (Å²) in [7, 11) is 0. The first-order valence-corrected chi connectivity index (χ1v) is 5.54. The minimum Gasteiger partial charge on any atom is -0.330 e. The van der Waals surface area contributed by atoms with Gasteiger partial charge in [0.05, 0.1) is 0 Å². The van der Waals surface area contributed by atoms with E-state index in [1.54, 1.807) is 0 Å². The Hall–Kier alpha value is -0.0500. The lowest BCUT2D eigenvalue weighted by atomic mass is 10.1. The normalized spacial score (nSPS) is 26.1. The number of halogens is 2. The fraction of sp³-hybridized carbons (Fsp3) is 0.400. The van der Waals surface area contributed by atoms with Gasteiger partial charge in [-0.1, -0.05) is 27.5 Å². The molecule has 0 unspecified atom stereocenters. The van der Waals surface area contributed by atoms with Crippen LogP contribution < -0.4 is 5.73 Å². The van der Waals surface area contributed by atoms with E-state index in [0.717, 1.165) is 16.0 Å². The number of nitrogens with two attached hydrogens (primary N) is 1. The van der Waals surface area contributed by atoms with E-state index in [4.69, 9.17) is 17.3 Å². The summed E-state index contributed by atoms with van der Waals surface area (Å²) in [5.74, 6) is 1.24. The lowest BCUT2D eigenvalue weighted by Gasteiger charge is -2.03. The summed E-state index contributed by atoms with van der Waals surface area (Å²) >= 11 is 9.54. The summed E-state index contributed by atoms with van der Waals surface area (Å²) in [4.78, 5) is 0. The zero-order valence-corrected chi connectivity index (χ0v) is 9.48. The van der Waals surface area contributed by atoms with Gasteiger partial charge in [0, 0.05) is 9.50 Å². The van der Waals surface area contributed by atoms with E-state index in [-0.39, 0.29) is 0 Å². The van der Waals surface area contributed by atoms with Crippen molar-refractivity contribution in [2.24, 2.45) is 11.7 Å². The average Bonchev–Trinajstić information content (AvgIpc) is 2.88. The molecule has 2 N–H and O–H groups in total. The Kier molecular flexibility index (Phi) is 2.63. The predicted molar refractivity (Wildman–Crippen MR) is 59.1 cm³/mol. The standard InChI is InChI=1S/C10H11BrClN/c11-7-1-2-10(12)9(4-7)8-3-6(8)5-13/h1-2,4,6,8H,3,5,13H2/t6-,8+/m0/s1. The van der Waals surface area contributed by atoms with Crippen LogP contribution in [0.1, 0.15) is 17.9 Å². The third-order valence-electron chi connectivity index (χ3n) is 2.58. The number of hydrogen-bond donors (Lipinski definition) is 1. The van der Waals surface area contributed by atoms with Gasteiger partial charge < -0.3 is 5.73 Å². The van der Waals surface area contributed by atoms with E-state index >= 15 is 0 Å². The van der Waals surface area contributed by atoms with Crippen molar-refractivity contribution >= 4 is 27.5 Å².